The van der Waals surface area contributed by atoms with Crippen LogP contribution in [0.15, 0.2) is 18.3 Å². The first kappa shape index (κ1) is 18.7. The van der Waals surface area contributed by atoms with Crippen LogP contribution in [0.5, 0.6) is 0 Å². The van der Waals surface area contributed by atoms with E-state index in [1.54, 1.807) is 7.05 Å². The third-order valence-corrected chi connectivity index (χ3v) is 4.37. The quantitative estimate of drug-likeness (QED) is 0.823. The van der Waals surface area contributed by atoms with E-state index in [1.807, 2.05) is 33.0 Å². The lowest BCUT2D eigenvalue weighted by atomic mass is 9.95. The van der Waals surface area contributed by atoms with Gasteiger partial charge in [-0.15, -0.1) is 0 Å². The van der Waals surface area contributed by atoms with Gasteiger partial charge in [-0.25, -0.2) is 9.78 Å². The molecule has 1 aromatic heterocycles. The number of anilines is 1. The minimum atomic E-state index is -0.509. The zero-order valence-electron chi connectivity index (χ0n) is 15.9. The summed E-state index contributed by atoms with van der Waals surface area (Å²) >= 11 is 0. The predicted molar refractivity (Wildman–Crippen MR) is 97.3 cm³/mol. The highest BCUT2D eigenvalue weighted by molar-refractivity contribution is 5.85. The molecular weight excluding hydrogens is 302 g/mol. The Labute approximate surface area is 146 Å². The van der Waals surface area contributed by atoms with Crippen molar-refractivity contribution in [2.24, 2.45) is 0 Å². The lowest BCUT2D eigenvalue weighted by Gasteiger charge is -2.38. The minimum Gasteiger partial charge on any atom is -0.443 e. The first-order valence-corrected chi connectivity index (χ1v) is 8.87. The van der Waals surface area contributed by atoms with Crippen LogP contribution in [-0.4, -0.2) is 41.2 Å². The Hall–Kier alpha value is -1.62. The fourth-order valence-corrected chi connectivity index (χ4v) is 3.15. The van der Waals surface area contributed by atoms with Crippen LogP contribution in [-0.2, 0) is 4.74 Å². The molecule has 5 nitrogen and oxygen atoms in total. The number of carbonyl (C=O) groups is 1. The molecule has 2 rings (SSSR count). The van der Waals surface area contributed by atoms with Crippen LogP contribution < -0.4 is 4.90 Å². The lowest BCUT2D eigenvalue weighted by Crippen LogP contribution is -2.38. The van der Waals surface area contributed by atoms with Gasteiger partial charge in [-0.05, 0) is 65.6 Å². The largest absolute Gasteiger partial charge is 0.443 e. The van der Waals surface area contributed by atoms with Gasteiger partial charge in [-0.3, -0.25) is 9.80 Å². The van der Waals surface area contributed by atoms with Gasteiger partial charge in [0.25, 0.3) is 0 Å². The molecule has 1 aliphatic heterocycles. The summed E-state index contributed by atoms with van der Waals surface area (Å²) in [5.74, 6) is 0.611. The van der Waals surface area contributed by atoms with Crippen molar-refractivity contribution in [1.29, 1.82) is 0 Å². The van der Waals surface area contributed by atoms with E-state index >= 15 is 0 Å². The molecule has 1 atom stereocenters. The van der Waals surface area contributed by atoms with Crippen LogP contribution in [0.3, 0.4) is 0 Å². The molecule has 24 heavy (non-hydrogen) atoms. The van der Waals surface area contributed by atoms with Gasteiger partial charge < -0.3 is 4.74 Å². The first-order valence-electron chi connectivity index (χ1n) is 8.87. The van der Waals surface area contributed by atoms with Crippen molar-refractivity contribution in [3.63, 3.8) is 0 Å². The smallest absolute Gasteiger partial charge is 0.415 e. The highest BCUT2D eigenvalue weighted by Gasteiger charge is 2.26. The van der Waals surface area contributed by atoms with Crippen molar-refractivity contribution in [3.05, 3.63) is 23.9 Å². The number of amides is 1. The fraction of sp³-hybridized carbons (Fsp3) is 0.684. The van der Waals surface area contributed by atoms with E-state index in [0.717, 1.165) is 6.54 Å². The number of hydrogen-bond donors (Lipinski definition) is 0. The van der Waals surface area contributed by atoms with E-state index in [1.165, 1.54) is 29.7 Å². The summed E-state index contributed by atoms with van der Waals surface area (Å²) in [7, 11) is 1.69. The van der Waals surface area contributed by atoms with Gasteiger partial charge in [0.05, 0.1) is 0 Å². The number of ether oxygens (including phenoxy) is 1. The molecule has 0 bridgehead atoms. The average Bonchev–Trinajstić information content (AvgIpc) is 2.52. The van der Waals surface area contributed by atoms with Gasteiger partial charge in [-0.1, -0.05) is 12.5 Å². The molecule has 0 saturated carbocycles. The van der Waals surface area contributed by atoms with Crippen LogP contribution in [0.4, 0.5) is 10.6 Å². The van der Waals surface area contributed by atoms with E-state index in [0.29, 0.717) is 17.9 Å². The Morgan fingerprint density at radius 3 is 2.58 bits per heavy atom. The molecule has 2 heterocycles. The first-order chi connectivity index (χ1) is 11.2. The zero-order valence-corrected chi connectivity index (χ0v) is 15.9. The number of pyridine rings is 1. The van der Waals surface area contributed by atoms with Crippen LogP contribution in [0.2, 0.25) is 0 Å². The summed E-state index contributed by atoms with van der Waals surface area (Å²) in [6.45, 7) is 11.2. The van der Waals surface area contributed by atoms with Crippen LogP contribution in [0.25, 0.3) is 0 Å². The number of rotatable bonds is 3. The number of piperidine rings is 1. The maximum absolute atomic E-state index is 12.1. The van der Waals surface area contributed by atoms with E-state index < -0.39 is 5.60 Å². The van der Waals surface area contributed by atoms with Crippen molar-refractivity contribution < 1.29 is 9.53 Å². The zero-order chi connectivity index (χ0) is 17.9. The SMILES string of the molecule is CC(C)N1CCCC[C@@H]1c1ccc(N(C)C(=O)OC(C)(C)C)nc1. The van der Waals surface area contributed by atoms with E-state index in [2.05, 4.69) is 29.8 Å². The third-order valence-electron chi connectivity index (χ3n) is 4.37. The Morgan fingerprint density at radius 2 is 2.04 bits per heavy atom. The maximum atomic E-state index is 12.1. The van der Waals surface area contributed by atoms with Crippen LogP contribution in [0, 0.1) is 0 Å². The predicted octanol–water partition coefficient (Wildman–Crippen LogP) is 4.39. The van der Waals surface area contributed by atoms with Gasteiger partial charge in [0.1, 0.15) is 11.4 Å². The molecule has 0 radical (unpaired) electrons. The Bertz CT molecular complexity index is 549. The van der Waals surface area contributed by atoms with Crippen molar-refractivity contribution in [3.8, 4) is 0 Å². The fourth-order valence-electron chi connectivity index (χ4n) is 3.15. The van der Waals surface area contributed by atoms with Gasteiger partial charge in [0.15, 0.2) is 0 Å². The Kier molecular flexibility index (Phi) is 5.86. The molecule has 0 unspecified atom stereocenters. The number of nitrogens with zero attached hydrogens (tertiary/aromatic N) is 3. The van der Waals surface area contributed by atoms with Crippen molar-refractivity contribution in [2.75, 3.05) is 18.5 Å². The van der Waals surface area contributed by atoms with E-state index in [9.17, 15) is 4.79 Å². The van der Waals surface area contributed by atoms with Crippen LogP contribution >= 0.6 is 0 Å². The summed E-state index contributed by atoms with van der Waals surface area (Å²) in [6, 6.07) is 4.95. The van der Waals surface area contributed by atoms with Crippen molar-refractivity contribution in [1.82, 2.24) is 9.88 Å². The highest BCUT2D eigenvalue weighted by Crippen LogP contribution is 2.32. The summed E-state index contributed by atoms with van der Waals surface area (Å²) < 4.78 is 5.39. The van der Waals surface area contributed by atoms with Gasteiger partial charge >= 0.3 is 6.09 Å². The van der Waals surface area contributed by atoms with E-state index in [-0.39, 0.29) is 6.09 Å². The maximum Gasteiger partial charge on any atom is 0.415 e. The summed E-state index contributed by atoms with van der Waals surface area (Å²) in [5.41, 5.74) is 0.718. The van der Waals surface area contributed by atoms with Crippen molar-refractivity contribution in [2.45, 2.75) is 71.6 Å². The average molecular weight is 333 g/mol. The third kappa shape index (κ3) is 4.69. The molecule has 1 saturated heterocycles. The summed E-state index contributed by atoms with van der Waals surface area (Å²) in [5, 5.41) is 0. The molecular formula is C19H31N3O2. The number of likely N-dealkylation sites (tertiary alicyclic amines) is 1. The van der Waals surface area contributed by atoms with Crippen molar-refractivity contribution >= 4 is 11.9 Å². The normalized spacial score (nSPS) is 19.4. The number of hydrogen-bond acceptors (Lipinski definition) is 4. The number of aromatic nitrogens is 1. The standard InChI is InChI=1S/C19H31N3O2/c1-14(2)22-12-8-7-9-16(22)15-10-11-17(20-13-15)21(6)18(23)24-19(3,4)5/h10-11,13-14,16H,7-9,12H2,1-6H3/t16-/m1/s1. The summed E-state index contributed by atoms with van der Waals surface area (Å²) in [6.07, 6.45) is 5.21. The Balaban J connectivity index is 2.11. The monoisotopic (exact) mass is 333 g/mol. The van der Waals surface area contributed by atoms with Crippen LogP contribution in [0.1, 0.15) is 65.5 Å². The molecule has 134 valence electrons. The second-order valence-corrected chi connectivity index (χ2v) is 7.83. The van der Waals surface area contributed by atoms with Gasteiger partial charge in [0, 0.05) is 25.3 Å². The molecule has 0 aliphatic carbocycles. The van der Waals surface area contributed by atoms with Gasteiger partial charge in [-0.2, -0.15) is 0 Å². The molecule has 1 aliphatic rings. The summed E-state index contributed by atoms with van der Waals surface area (Å²) in [4.78, 5) is 20.6. The van der Waals surface area contributed by atoms with Gasteiger partial charge in [0.2, 0.25) is 0 Å². The highest BCUT2D eigenvalue weighted by atomic mass is 16.6. The minimum absolute atomic E-state index is 0.385. The lowest BCUT2D eigenvalue weighted by molar-refractivity contribution is 0.0588. The number of carbonyl (C=O) groups excluding carboxylic acids is 1. The topological polar surface area (TPSA) is 45.7 Å². The molecule has 0 spiro atoms. The molecule has 1 fully saturated rings. The molecule has 1 aromatic rings. The second-order valence-electron chi connectivity index (χ2n) is 7.83. The molecule has 0 N–H and O–H groups in total. The van der Waals surface area contributed by atoms with E-state index in [4.69, 9.17) is 4.74 Å². The molecule has 1 amide bonds. The second kappa shape index (κ2) is 7.51. The Morgan fingerprint density at radius 1 is 1.33 bits per heavy atom. The molecule has 5 heteroatoms. The molecule has 0 aromatic carbocycles.